The van der Waals surface area contributed by atoms with E-state index in [4.69, 9.17) is 10.8 Å². The van der Waals surface area contributed by atoms with Crippen LogP contribution in [0.15, 0.2) is 0 Å². The average Bonchev–Trinajstić information content (AvgIpc) is 3.10. The maximum atomic E-state index is 11.1. The Hall–Kier alpha value is -0.650. The van der Waals surface area contributed by atoms with Gasteiger partial charge in [0.25, 0.3) is 0 Å². The van der Waals surface area contributed by atoms with E-state index in [-0.39, 0.29) is 6.04 Å². The van der Waals surface area contributed by atoms with Crippen LogP contribution in [-0.4, -0.2) is 65.7 Å². The van der Waals surface area contributed by atoms with Crippen LogP contribution in [-0.2, 0) is 4.79 Å². The fourth-order valence-corrected chi connectivity index (χ4v) is 2.47. The number of carbonyl (C=O) groups is 1. The average molecular weight is 227 g/mol. The number of nitrogens with two attached hydrogens (primary N) is 1. The van der Waals surface area contributed by atoms with Crippen molar-refractivity contribution in [3.63, 3.8) is 0 Å². The molecule has 1 atom stereocenters. The lowest BCUT2D eigenvalue weighted by Crippen LogP contribution is -2.53. The molecule has 0 aromatic rings. The molecule has 5 nitrogen and oxygen atoms in total. The van der Waals surface area contributed by atoms with Crippen LogP contribution in [0.5, 0.6) is 0 Å². The minimum absolute atomic E-state index is 0.383. The van der Waals surface area contributed by atoms with Gasteiger partial charge in [-0.2, -0.15) is 0 Å². The van der Waals surface area contributed by atoms with Gasteiger partial charge in [0.2, 0.25) is 0 Å². The summed E-state index contributed by atoms with van der Waals surface area (Å²) in [5.41, 5.74) is 5.46. The molecule has 1 aliphatic heterocycles. The summed E-state index contributed by atoms with van der Waals surface area (Å²) in [4.78, 5) is 15.7. The van der Waals surface area contributed by atoms with Crippen LogP contribution in [0.1, 0.15) is 19.3 Å². The van der Waals surface area contributed by atoms with Crippen molar-refractivity contribution in [2.24, 2.45) is 5.73 Å². The van der Waals surface area contributed by atoms with Gasteiger partial charge in [-0.3, -0.25) is 14.6 Å². The molecular formula is C11H21N3O2. The molecule has 1 saturated heterocycles. The van der Waals surface area contributed by atoms with E-state index in [0.717, 1.165) is 32.2 Å². The molecule has 2 fully saturated rings. The summed E-state index contributed by atoms with van der Waals surface area (Å²) in [6, 6.07) is 0.409. The lowest BCUT2D eigenvalue weighted by atomic mass is 10.1. The maximum Gasteiger partial charge on any atom is 0.320 e. The first kappa shape index (κ1) is 11.8. The van der Waals surface area contributed by atoms with Gasteiger partial charge in [-0.15, -0.1) is 0 Å². The second-order valence-corrected chi connectivity index (χ2v) is 4.73. The van der Waals surface area contributed by atoms with E-state index in [1.54, 1.807) is 0 Å². The Balaban J connectivity index is 1.83. The van der Waals surface area contributed by atoms with E-state index in [0.29, 0.717) is 13.0 Å². The summed E-state index contributed by atoms with van der Waals surface area (Å²) < 4.78 is 0. The molecule has 0 bridgehead atoms. The van der Waals surface area contributed by atoms with Crippen molar-refractivity contribution >= 4 is 5.97 Å². The molecule has 0 radical (unpaired) electrons. The third kappa shape index (κ3) is 2.72. The summed E-state index contributed by atoms with van der Waals surface area (Å²) in [5, 5.41) is 9.13. The summed E-state index contributed by atoms with van der Waals surface area (Å²) >= 11 is 0. The molecular weight excluding hydrogens is 206 g/mol. The highest BCUT2D eigenvalue weighted by Crippen LogP contribution is 2.27. The van der Waals surface area contributed by atoms with Crippen molar-refractivity contribution in [3.05, 3.63) is 0 Å². The second-order valence-electron chi connectivity index (χ2n) is 4.73. The molecule has 1 unspecified atom stereocenters. The van der Waals surface area contributed by atoms with Crippen LogP contribution in [0, 0.1) is 0 Å². The molecule has 1 saturated carbocycles. The van der Waals surface area contributed by atoms with E-state index < -0.39 is 5.97 Å². The van der Waals surface area contributed by atoms with E-state index in [1.165, 1.54) is 12.8 Å². The SMILES string of the molecule is NCCC(C(=O)O)N1CCN(C2CC2)CC1. The summed E-state index contributed by atoms with van der Waals surface area (Å²) in [6.45, 7) is 4.21. The minimum atomic E-state index is -0.731. The zero-order chi connectivity index (χ0) is 11.5. The van der Waals surface area contributed by atoms with Crippen LogP contribution in [0.2, 0.25) is 0 Å². The zero-order valence-electron chi connectivity index (χ0n) is 9.64. The Morgan fingerprint density at radius 1 is 1.31 bits per heavy atom. The Morgan fingerprint density at radius 2 is 1.94 bits per heavy atom. The summed E-state index contributed by atoms with van der Waals surface area (Å²) in [5.74, 6) is -0.731. The van der Waals surface area contributed by atoms with Crippen molar-refractivity contribution in [1.82, 2.24) is 9.80 Å². The van der Waals surface area contributed by atoms with Crippen LogP contribution >= 0.6 is 0 Å². The fraction of sp³-hybridized carbons (Fsp3) is 0.909. The lowest BCUT2D eigenvalue weighted by molar-refractivity contribution is -0.144. The first-order valence-electron chi connectivity index (χ1n) is 6.13. The van der Waals surface area contributed by atoms with Gasteiger partial charge < -0.3 is 10.8 Å². The first-order chi connectivity index (χ1) is 7.72. The first-order valence-corrected chi connectivity index (χ1v) is 6.13. The summed E-state index contributed by atoms with van der Waals surface area (Å²) in [7, 11) is 0. The number of aliphatic carboxylic acids is 1. The molecule has 0 aromatic heterocycles. The van der Waals surface area contributed by atoms with Gasteiger partial charge in [-0.1, -0.05) is 0 Å². The largest absolute Gasteiger partial charge is 0.480 e. The number of carboxylic acid groups (broad SMARTS) is 1. The second kappa shape index (κ2) is 5.12. The van der Waals surface area contributed by atoms with E-state index in [1.807, 2.05) is 0 Å². The number of hydrogen-bond donors (Lipinski definition) is 2. The molecule has 0 spiro atoms. The molecule has 3 N–H and O–H groups in total. The smallest absolute Gasteiger partial charge is 0.320 e. The lowest BCUT2D eigenvalue weighted by Gasteiger charge is -2.37. The Bertz CT molecular complexity index is 248. The third-order valence-electron chi connectivity index (χ3n) is 3.58. The van der Waals surface area contributed by atoms with Crippen molar-refractivity contribution in [2.45, 2.75) is 31.3 Å². The van der Waals surface area contributed by atoms with Crippen molar-refractivity contribution < 1.29 is 9.90 Å². The van der Waals surface area contributed by atoms with Crippen molar-refractivity contribution in [2.75, 3.05) is 32.7 Å². The highest BCUT2D eigenvalue weighted by atomic mass is 16.4. The molecule has 16 heavy (non-hydrogen) atoms. The van der Waals surface area contributed by atoms with Crippen LogP contribution in [0.4, 0.5) is 0 Å². The van der Waals surface area contributed by atoms with Gasteiger partial charge in [-0.25, -0.2) is 0 Å². The van der Waals surface area contributed by atoms with Gasteiger partial charge in [0.15, 0.2) is 0 Å². The predicted molar refractivity (Wildman–Crippen MR) is 61.3 cm³/mol. The molecule has 0 aromatic carbocycles. The maximum absolute atomic E-state index is 11.1. The minimum Gasteiger partial charge on any atom is -0.480 e. The van der Waals surface area contributed by atoms with Gasteiger partial charge in [0.1, 0.15) is 6.04 Å². The van der Waals surface area contributed by atoms with Gasteiger partial charge in [0, 0.05) is 32.2 Å². The van der Waals surface area contributed by atoms with Gasteiger partial charge in [0.05, 0.1) is 0 Å². The highest BCUT2D eigenvalue weighted by molar-refractivity contribution is 5.73. The number of rotatable bonds is 5. The van der Waals surface area contributed by atoms with Crippen LogP contribution < -0.4 is 5.73 Å². The third-order valence-corrected chi connectivity index (χ3v) is 3.58. The van der Waals surface area contributed by atoms with E-state index in [2.05, 4.69) is 9.80 Å². The summed E-state index contributed by atoms with van der Waals surface area (Å²) in [6.07, 6.45) is 3.20. The Morgan fingerprint density at radius 3 is 2.38 bits per heavy atom. The number of piperazine rings is 1. The van der Waals surface area contributed by atoms with Crippen molar-refractivity contribution in [1.29, 1.82) is 0 Å². The standard InChI is InChI=1S/C11H21N3O2/c12-4-3-10(11(15)16)14-7-5-13(6-8-14)9-1-2-9/h9-10H,1-8,12H2,(H,15,16). The molecule has 5 heteroatoms. The van der Waals surface area contributed by atoms with E-state index >= 15 is 0 Å². The zero-order valence-corrected chi connectivity index (χ0v) is 9.64. The fourth-order valence-electron chi connectivity index (χ4n) is 2.47. The highest BCUT2D eigenvalue weighted by Gasteiger charge is 2.34. The normalized spacial score (nSPS) is 25.6. The predicted octanol–water partition coefficient (Wildman–Crippen LogP) is -0.432. The van der Waals surface area contributed by atoms with Crippen molar-refractivity contribution in [3.8, 4) is 0 Å². The molecule has 1 heterocycles. The number of carboxylic acids is 1. The van der Waals surface area contributed by atoms with Gasteiger partial charge >= 0.3 is 5.97 Å². The monoisotopic (exact) mass is 227 g/mol. The molecule has 92 valence electrons. The molecule has 2 aliphatic rings. The van der Waals surface area contributed by atoms with Crippen LogP contribution in [0.25, 0.3) is 0 Å². The Kier molecular flexibility index (Phi) is 3.78. The topological polar surface area (TPSA) is 69.8 Å². The quantitative estimate of drug-likeness (QED) is 0.667. The number of hydrogen-bond acceptors (Lipinski definition) is 4. The van der Waals surface area contributed by atoms with Crippen LogP contribution in [0.3, 0.4) is 0 Å². The molecule has 1 aliphatic carbocycles. The molecule has 0 amide bonds. The Labute approximate surface area is 96.2 Å². The number of nitrogens with zero attached hydrogens (tertiary/aromatic N) is 2. The van der Waals surface area contributed by atoms with E-state index in [9.17, 15) is 4.79 Å². The molecule has 2 rings (SSSR count). The van der Waals surface area contributed by atoms with Gasteiger partial charge in [-0.05, 0) is 25.8 Å².